The van der Waals surface area contributed by atoms with Crippen LogP contribution in [0.4, 0.5) is 0 Å². The maximum absolute atomic E-state index is 6.14. The van der Waals surface area contributed by atoms with E-state index in [1.54, 1.807) is 7.11 Å². The first kappa shape index (κ1) is 13.5. The second-order valence-corrected chi connectivity index (χ2v) is 4.63. The van der Waals surface area contributed by atoms with Crippen LogP contribution in [0.5, 0.6) is 0 Å². The molecule has 1 rings (SSSR count). The van der Waals surface area contributed by atoms with Crippen molar-refractivity contribution in [1.29, 1.82) is 0 Å². The van der Waals surface area contributed by atoms with Crippen molar-refractivity contribution >= 4 is 11.6 Å². The first-order valence-corrected chi connectivity index (χ1v) is 6.01. The number of hydrogen-bond acceptors (Lipinski definition) is 2. The van der Waals surface area contributed by atoms with Gasteiger partial charge in [-0.15, -0.1) is 0 Å². The summed E-state index contributed by atoms with van der Waals surface area (Å²) in [6.07, 6.45) is 1.81. The second-order valence-electron chi connectivity index (χ2n) is 4.22. The summed E-state index contributed by atoms with van der Waals surface area (Å²) in [6, 6.07) is 8.00. The van der Waals surface area contributed by atoms with Crippen molar-refractivity contribution in [3.05, 3.63) is 34.9 Å². The molecule has 1 aromatic rings. The number of hydrogen-bond donors (Lipinski definition) is 1. The standard InChI is InChI=1S/C13H20ClNO/c1-10(7-8-16-2)13(15)9-11-5-3-4-6-12(11)14/h3-6,10,13H,7-9,15H2,1-2H3. The highest BCUT2D eigenvalue weighted by Crippen LogP contribution is 2.19. The molecule has 0 aliphatic rings. The van der Waals surface area contributed by atoms with E-state index in [0.717, 1.165) is 30.0 Å². The monoisotopic (exact) mass is 241 g/mol. The zero-order chi connectivity index (χ0) is 12.0. The topological polar surface area (TPSA) is 35.2 Å². The van der Waals surface area contributed by atoms with E-state index in [0.29, 0.717) is 5.92 Å². The first-order valence-electron chi connectivity index (χ1n) is 5.63. The molecule has 0 spiro atoms. The number of benzene rings is 1. The number of halogens is 1. The summed E-state index contributed by atoms with van der Waals surface area (Å²) < 4.78 is 5.05. The molecule has 16 heavy (non-hydrogen) atoms. The van der Waals surface area contributed by atoms with Crippen LogP contribution >= 0.6 is 11.6 Å². The van der Waals surface area contributed by atoms with Crippen LogP contribution in [-0.2, 0) is 11.2 Å². The van der Waals surface area contributed by atoms with Gasteiger partial charge in [0.25, 0.3) is 0 Å². The highest BCUT2D eigenvalue weighted by atomic mass is 35.5. The predicted octanol–water partition coefficient (Wildman–Crippen LogP) is 2.88. The largest absolute Gasteiger partial charge is 0.385 e. The molecule has 0 heterocycles. The Morgan fingerprint density at radius 1 is 1.38 bits per heavy atom. The fourth-order valence-corrected chi connectivity index (χ4v) is 1.85. The molecule has 2 unspecified atom stereocenters. The molecule has 2 atom stereocenters. The lowest BCUT2D eigenvalue weighted by atomic mass is 9.93. The number of methoxy groups -OCH3 is 1. The van der Waals surface area contributed by atoms with Crippen molar-refractivity contribution in [1.82, 2.24) is 0 Å². The average molecular weight is 242 g/mol. The third kappa shape index (κ3) is 4.12. The van der Waals surface area contributed by atoms with E-state index in [1.165, 1.54) is 0 Å². The summed E-state index contributed by atoms with van der Waals surface area (Å²) in [5.74, 6) is 0.441. The Kier molecular flexibility index (Phi) is 5.81. The van der Waals surface area contributed by atoms with Crippen LogP contribution in [0.1, 0.15) is 18.9 Å². The molecule has 0 aliphatic heterocycles. The molecule has 1 aromatic carbocycles. The molecule has 0 aromatic heterocycles. The Labute approximate surface area is 103 Å². The minimum atomic E-state index is 0.134. The lowest BCUT2D eigenvalue weighted by molar-refractivity contribution is 0.174. The summed E-state index contributed by atoms with van der Waals surface area (Å²) in [4.78, 5) is 0. The van der Waals surface area contributed by atoms with E-state index in [4.69, 9.17) is 22.1 Å². The zero-order valence-electron chi connectivity index (χ0n) is 9.95. The van der Waals surface area contributed by atoms with Gasteiger partial charge in [-0.2, -0.15) is 0 Å². The van der Waals surface area contributed by atoms with Gasteiger partial charge in [-0.3, -0.25) is 0 Å². The minimum Gasteiger partial charge on any atom is -0.385 e. The Morgan fingerprint density at radius 2 is 2.06 bits per heavy atom. The van der Waals surface area contributed by atoms with Crippen molar-refractivity contribution in [2.75, 3.05) is 13.7 Å². The predicted molar refractivity (Wildman–Crippen MR) is 68.8 cm³/mol. The molecule has 0 saturated carbocycles. The molecule has 3 heteroatoms. The summed E-state index contributed by atoms with van der Waals surface area (Å²) in [7, 11) is 1.71. The van der Waals surface area contributed by atoms with Gasteiger partial charge in [-0.1, -0.05) is 36.7 Å². The van der Waals surface area contributed by atoms with Crippen LogP contribution in [0.3, 0.4) is 0 Å². The highest BCUT2D eigenvalue weighted by Gasteiger charge is 2.14. The smallest absolute Gasteiger partial charge is 0.0465 e. The van der Waals surface area contributed by atoms with Crippen molar-refractivity contribution in [3.63, 3.8) is 0 Å². The summed E-state index contributed by atoms with van der Waals surface area (Å²) in [5, 5.41) is 0.803. The zero-order valence-corrected chi connectivity index (χ0v) is 10.7. The van der Waals surface area contributed by atoms with Crippen LogP contribution in [0.15, 0.2) is 24.3 Å². The van der Waals surface area contributed by atoms with Crippen LogP contribution in [0.2, 0.25) is 5.02 Å². The summed E-state index contributed by atoms with van der Waals surface area (Å²) in [5.41, 5.74) is 7.27. The molecule has 90 valence electrons. The third-order valence-electron chi connectivity index (χ3n) is 2.92. The molecule has 0 saturated heterocycles. The van der Waals surface area contributed by atoms with E-state index in [-0.39, 0.29) is 6.04 Å². The minimum absolute atomic E-state index is 0.134. The van der Waals surface area contributed by atoms with Crippen LogP contribution in [0.25, 0.3) is 0 Å². The van der Waals surface area contributed by atoms with Gasteiger partial charge in [0.1, 0.15) is 0 Å². The van der Waals surface area contributed by atoms with E-state index in [2.05, 4.69) is 6.92 Å². The fraction of sp³-hybridized carbons (Fsp3) is 0.538. The molecule has 2 N–H and O–H groups in total. The quantitative estimate of drug-likeness (QED) is 0.831. The van der Waals surface area contributed by atoms with Crippen LogP contribution in [-0.4, -0.2) is 19.8 Å². The molecule has 0 amide bonds. The van der Waals surface area contributed by atoms with Crippen molar-refractivity contribution < 1.29 is 4.74 Å². The van der Waals surface area contributed by atoms with Gasteiger partial charge < -0.3 is 10.5 Å². The number of rotatable bonds is 6. The Morgan fingerprint density at radius 3 is 2.69 bits per heavy atom. The Bertz CT molecular complexity index is 317. The van der Waals surface area contributed by atoms with E-state index in [9.17, 15) is 0 Å². The molecular weight excluding hydrogens is 222 g/mol. The van der Waals surface area contributed by atoms with Crippen molar-refractivity contribution in [2.45, 2.75) is 25.8 Å². The Balaban J connectivity index is 2.50. The summed E-state index contributed by atoms with van der Waals surface area (Å²) in [6.45, 7) is 2.91. The second kappa shape index (κ2) is 6.89. The van der Waals surface area contributed by atoms with Crippen LogP contribution < -0.4 is 5.73 Å². The lowest BCUT2D eigenvalue weighted by Gasteiger charge is -2.20. The van der Waals surface area contributed by atoms with Gasteiger partial charge in [0.15, 0.2) is 0 Å². The molecular formula is C13H20ClNO. The maximum atomic E-state index is 6.14. The lowest BCUT2D eigenvalue weighted by Crippen LogP contribution is -2.31. The third-order valence-corrected chi connectivity index (χ3v) is 3.29. The van der Waals surface area contributed by atoms with Gasteiger partial charge in [0.2, 0.25) is 0 Å². The SMILES string of the molecule is COCCC(C)C(N)Cc1ccccc1Cl. The fourth-order valence-electron chi connectivity index (χ4n) is 1.64. The van der Waals surface area contributed by atoms with Gasteiger partial charge >= 0.3 is 0 Å². The molecule has 0 bridgehead atoms. The highest BCUT2D eigenvalue weighted by molar-refractivity contribution is 6.31. The van der Waals surface area contributed by atoms with Crippen molar-refractivity contribution in [3.8, 4) is 0 Å². The number of nitrogens with two attached hydrogens (primary N) is 1. The van der Waals surface area contributed by atoms with Crippen molar-refractivity contribution in [2.24, 2.45) is 11.7 Å². The van der Waals surface area contributed by atoms with Gasteiger partial charge in [0, 0.05) is 24.8 Å². The average Bonchev–Trinajstić information content (AvgIpc) is 2.28. The molecule has 2 nitrogen and oxygen atoms in total. The first-order chi connectivity index (χ1) is 7.65. The maximum Gasteiger partial charge on any atom is 0.0465 e. The molecule has 0 aliphatic carbocycles. The van der Waals surface area contributed by atoms with E-state index >= 15 is 0 Å². The van der Waals surface area contributed by atoms with Gasteiger partial charge in [-0.25, -0.2) is 0 Å². The van der Waals surface area contributed by atoms with Crippen LogP contribution in [0, 0.1) is 5.92 Å². The molecule has 0 fully saturated rings. The van der Waals surface area contributed by atoms with E-state index < -0.39 is 0 Å². The van der Waals surface area contributed by atoms with E-state index in [1.807, 2.05) is 24.3 Å². The Hall–Kier alpha value is -0.570. The number of ether oxygens (including phenoxy) is 1. The summed E-state index contributed by atoms with van der Waals surface area (Å²) >= 11 is 6.10. The van der Waals surface area contributed by atoms with Gasteiger partial charge in [-0.05, 0) is 30.4 Å². The normalized spacial score (nSPS) is 14.8. The van der Waals surface area contributed by atoms with Gasteiger partial charge in [0.05, 0.1) is 0 Å². The molecule has 0 radical (unpaired) electrons.